The van der Waals surface area contributed by atoms with E-state index in [1.54, 1.807) is 0 Å². The van der Waals surface area contributed by atoms with E-state index in [9.17, 15) is 19.2 Å². The molecule has 0 heterocycles. The summed E-state index contributed by atoms with van der Waals surface area (Å²) in [6.07, 6.45) is 4.40. The van der Waals surface area contributed by atoms with Crippen molar-refractivity contribution in [2.45, 2.75) is 141 Å². The van der Waals surface area contributed by atoms with E-state index in [1.165, 1.54) is 13.2 Å². The molecule has 0 aromatic rings. The molecule has 0 aromatic carbocycles. The molecular formula is C40H79N5O5. The Balaban J connectivity index is -0.00000120. The van der Waals surface area contributed by atoms with Crippen LogP contribution < -0.4 is 21.3 Å². The highest BCUT2D eigenvalue weighted by molar-refractivity contribution is 6.38. The van der Waals surface area contributed by atoms with Crippen LogP contribution in [-0.2, 0) is 23.9 Å². The number of rotatable bonds is 22. The van der Waals surface area contributed by atoms with Crippen LogP contribution in [0.3, 0.4) is 0 Å². The van der Waals surface area contributed by atoms with Gasteiger partial charge in [-0.2, -0.15) is 0 Å². The van der Waals surface area contributed by atoms with E-state index in [0.29, 0.717) is 56.9 Å². The van der Waals surface area contributed by atoms with Crippen LogP contribution in [0.15, 0.2) is 37.3 Å². The van der Waals surface area contributed by atoms with Gasteiger partial charge in [0.15, 0.2) is 0 Å². The van der Waals surface area contributed by atoms with Gasteiger partial charge in [0.2, 0.25) is 11.7 Å². The Morgan fingerprint density at radius 1 is 0.880 bits per heavy atom. The van der Waals surface area contributed by atoms with Gasteiger partial charge in [0.25, 0.3) is 5.91 Å². The maximum Gasteiger partial charge on any atom is 0.305 e. The number of hydrogen-bond acceptors (Lipinski definition) is 8. The fraction of sp³-hybridized carbons (Fsp3) is 0.750. The number of ketones is 1. The van der Waals surface area contributed by atoms with Gasteiger partial charge in [-0.15, -0.1) is 6.58 Å². The maximum absolute atomic E-state index is 12.8. The van der Waals surface area contributed by atoms with Crippen molar-refractivity contribution in [3.05, 3.63) is 37.3 Å². The Kier molecular flexibility index (Phi) is 33.9. The van der Waals surface area contributed by atoms with Gasteiger partial charge in [-0.3, -0.25) is 19.2 Å². The molecule has 0 radical (unpaired) electrons. The van der Waals surface area contributed by atoms with Crippen molar-refractivity contribution < 1.29 is 23.9 Å². The number of carbonyl (C=O) groups excluding carboxylic acids is 4. The van der Waals surface area contributed by atoms with Crippen molar-refractivity contribution in [2.75, 3.05) is 33.8 Å². The highest BCUT2D eigenvalue weighted by atomic mass is 16.5. The Bertz CT molecular complexity index is 969. The highest BCUT2D eigenvalue weighted by Gasteiger charge is 2.31. The van der Waals surface area contributed by atoms with E-state index in [-0.39, 0.29) is 42.2 Å². The minimum atomic E-state index is -0.840. The Hall–Kier alpha value is -3.30. The van der Waals surface area contributed by atoms with Crippen LogP contribution in [0.5, 0.6) is 0 Å². The zero-order chi connectivity index (χ0) is 40.0. The molecule has 10 heteroatoms. The fourth-order valence-corrected chi connectivity index (χ4v) is 4.47. The number of Topliss-reactive ketones (excluding diaryl/α,β-unsaturated/α-hetero) is 1. The first-order valence-electron chi connectivity index (χ1n) is 18.7. The molecule has 0 saturated carbocycles. The molecule has 0 aliphatic rings. The maximum atomic E-state index is 12.8. The Morgan fingerprint density at radius 3 is 1.86 bits per heavy atom. The molecule has 0 saturated heterocycles. The average Bonchev–Trinajstić information content (AvgIpc) is 3.06. The molecule has 0 aliphatic heterocycles. The number of ether oxygens (including phenoxy) is 1. The van der Waals surface area contributed by atoms with Crippen LogP contribution in [0, 0.1) is 23.2 Å². The lowest BCUT2D eigenvalue weighted by Crippen LogP contribution is -2.48. The van der Waals surface area contributed by atoms with E-state index < -0.39 is 17.7 Å². The highest BCUT2D eigenvalue weighted by Crippen LogP contribution is 2.28. The van der Waals surface area contributed by atoms with Gasteiger partial charge in [0, 0.05) is 45.2 Å². The summed E-state index contributed by atoms with van der Waals surface area (Å²) in [5, 5.41) is 12.0. The number of carbonyl (C=O) groups is 4. The minimum absolute atomic E-state index is 0.118. The number of methoxy groups -OCH3 is 1. The number of hydrogen-bond donors (Lipinski definition) is 4. The number of nitrogens with one attached hydrogen (secondary N) is 4. The van der Waals surface area contributed by atoms with Crippen molar-refractivity contribution in [1.82, 2.24) is 26.2 Å². The van der Waals surface area contributed by atoms with Crippen LogP contribution in [0.2, 0.25) is 0 Å². The summed E-state index contributed by atoms with van der Waals surface area (Å²) in [4.78, 5) is 51.0. The molecule has 0 fully saturated rings. The van der Waals surface area contributed by atoms with E-state index in [4.69, 9.17) is 0 Å². The zero-order valence-electron chi connectivity index (χ0n) is 34.9. The number of amides is 2. The monoisotopic (exact) mass is 710 g/mol. The molecule has 4 N–H and O–H groups in total. The van der Waals surface area contributed by atoms with Crippen LogP contribution in [-0.4, -0.2) is 74.3 Å². The van der Waals surface area contributed by atoms with Gasteiger partial charge in [-0.1, -0.05) is 116 Å². The lowest BCUT2D eigenvalue weighted by atomic mass is 9.84. The standard InChI is InChI=1S/C32H57N5O5.C4H10.2C2H6/c1-12-15-26(29(40)31(41)34-19-13-2)36-27(38)18-17-25(22(3)4)21-37(10)23(5)30(32(7,8)9)35-24(6)33-20-14-16-28(39)42-11;1-4(2)3;2*1-2/h13,22,25-26,30,33,35H,2,5-6,12,14-21H2,1,3-4,7-11H3,(H,34,41)(H,36,38);4H,1-3H3;2*1-2H3/t25-,26?,30?;;;/m1.../s1. The number of likely N-dealkylation sites (N-methyl/N-ethyl adjacent to an activating group) is 1. The zero-order valence-corrected chi connectivity index (χ0v) is 34.9. The Morgan fingerprint density at radius 2 is 1.42 bits per heavy atom. The van der Waals surface area contributed by atoms with Crippen molar-refractivity contribution in [3.8, 4) is 0 Å². The van der Waals surface area contributed by atoms with Gasteiger partial charge in [0.05, 0.1) is 25.0 Å². The topological polar surface area (TPSA) is 129 Å². The summed E-state index contributed by atoms with van der Waals surface area (Å²) in [6, 6.07) is -0.958. The summed E-state index contributed by atoms with van der Waals surface area (Å²) < 4.78 is 4.68. The molecule has 2 amide bonds. The van der Waals surface area contributed by atoms with E-state index in [2.05, 4.69) is 106 Å². The second-order valence-electron chi connectivity index (χ2n) is 13.9. The van der Waals surface area contributed by atoms with Gasteiger partial charge < -0.3 is 30.9 Å². The first kappa shape index (κ1) is 53.5. The molecule has 2 unspecified atom stereocenters. The molecule has 0 bridgehead atoms. The summed E-state index contributed by atoms with van der Waals surface area (Å²) in [7, 11) is 3.38. The first-order chi connectivity index (χ1) is 23.3. The molecule has 50 heavy (non-hydrogen) atoms. The molecule has 0 rings (SSSR count). The average molecular weight is 710 g/mol. The Labute approximate surface area is 308 Å². The van der Waals surface area contributed by atoms with Crippen LogP contribution >= 0.6 is 0 Å². The summed E-state index contributed by atoms with van der Waals surface area (Å²) >= 11 is 0. The van der Waals surface area contributed by atoms with Crippen molar-refractivity contribution >= 4 is 23.6 Å². The third-order valence-electron chi connectivity index (χ3n) is 7.19. The fourth-order valence-electron chi connectivity index (χ4n) is 4.47. The van der Waals surface area contributed by atoms with Crippen LogP contribution in [0.4, 0.5) is 0 Å². The molecule has 0 spiro atoms. The molecule has 294 valence electrons. The van der Waals surface area contributed by atoms with Crippen LogP contribution in [0.1, 0.15) is 129 Å². The van der Waals surface area contributed by atoms with Crippen molar-refractivity contribution in [3.63, 3.8) is 0 Å². The van der Waals surface area contributed by atoms with Crippen molar-refractivity contribution in [2.24, 2.45) is 23.2 Å². The molecule has 0 aromatic heterocycles. The summed E-state index contributed by atoms with van der Waals surface area (Å²) in [5.41, 5.74) is 0.725. The lowest BCUT2D eigenvalue weighted by molar-refractivity contribution is -0.140. The predicted octanol–water partition coefficient (Wildman–Crippen LogP) is 7.37. The predicted molar refractivity (Wildman–Crippen MR) is 212 cm³/mol. The van der Waals surface area contributed by atoms with Crippen LogP contribution in [0.25, 0.3) is 0 Å². The lowest BCUT2D eigenvalue weighted by Gasteiger charge is -2.40. The van der Waals surface area contributed by atoms with E-state index in [1.807, 2.05) is 41.7 Å². The molecular weight excluding hydrogens is 630 g/mol. The molecule has 10 nitrogen and oxygen atoms in total. The summed E-state index contributed by atoms with van der Waals surface area (Å²) in [6.45, 7) is 40.6. The largest absolute Gasteiger partial charge is 0.469 e. The number of nitrogens with zero attached hydrogens (tertiary/aromatic N) is 1. The molecule has 3 atom stereocenters. The van der Waals surface area contributed by atoms with Gasteiger partial charge >= 0.3 is 5.97 Å². The smallest absolute Gasteiger partial charge is 0.305 e. The third-order valence-corrected chi connectivity index (χ3v) is 7.19. The number of esters is 1. The van der Waals surface area contributed by atoms with Gasteiger partial charge in [0.1, 0.15) is 0 Å². The third kappa shape index (κ3) is 27.5. The first-order valence-corrected chi connectivity index (χ1v) is 18.7. The van der Waals surface area contributed by atoms with E-state index in [0.717, 1.165) is 11.6 Å². The minimum Gasteiger partial charge on any atom is -0.469 e. The van der Waals surface area contributed by atoms with E-state index >= 15 is 0 Å². The second kappa shape index (κ2) is 31.7. The normalized spacial score (nSPS) is 12.1. The quantitative estimate of drug-likeness (QED) is 0.0397. The van der Waals surface area contributed by atoms with Gasteiger partial charge in [-0.25, -0.2) is 0 Å². The summed E-state index contributed by atoms with van der Waals surface area (Å²) in [5.74, 6) is 0.150. The van der Waals surface area contributed by atoms with Crippen molar-refractivity contribution in [1.29, 1.82) is 0 Å². The second-order valence-corrected chi connectivity index (χ2v) is 13.9. The SMILES string of the molecule is C=CCNC(=O)C(=O)C(CCC)NC(=O)CC[C@H](CN(C)C(=C)C(NC(=C)NCCCC(=O)OC)C(C)(C)C)C(C)C.CC.CC.CC(C)C. The molecule has 0 aliphatic carbocycles. The van der Waals surface area contributed by atoms with Gasteiger partial charge in [-0.05, 0) is 42.4 Å².